The zero-order valence-corrected chi connectivity index (χ0v) is 12.5. The summed E-state index contributed by atoms with van der Waals surface area (Å²) in [4.78, 5) is 22.5. The molecule has 7 heteroatoms. The zero-order chi connectivity index (χ0) is 15.8. The third-order valence-electron chi connectivity index (χ3n) is 2.72. The monoisotopic (exact) mass is 295 g/mol. The van der Waals surface area contributed by atoms with Gasteiger partial charge in [0.2, 0.25) is 0 Å². The van der Waals surface area contributed by atoms with Crippen LogP contribution in [0.2, 0.25) is 0 Å². The number of nitro groups is 1. The average Bonchev–Trinajstić information content (AvgIpc) is 2.45. The summed E-state index contributed by atoms with van der Waals surface area (Å²) in [7, 11) is 1.55. The van der Waals surface area contributed by atoms with Crippen LogP contribution in [0.1, 0.15) is 24.2 Å². The molecule has 0 aromatic heterocycles. The summed E-state index contributed by atoms with van der Waals surface area (Å²) in [6, 6.07) is 4.39. The fourth-order valence-electron chi connectivity index (χ4n) is 1.80. The van der Waals surface area contributed by atoms with Gasteiger partial charge in [-0.3, -0.25) is 14.9 Å². The lowest BCUT2D eigenvalue weighted by Crippen LogP contribution is -2.28. The molecule has 1 amide bonds. The third-order valence-corrected chi connectivity index (χ3v) is 2.72. The van der Waals surface area contributed by atoms with Gasteiger partial charge in [-0.1, -0.05) is 19.9 Å². The van der Waals surface area contributed by atoms with E-state index < -0.39 is 4.92 Å². The van der Waals surface area contributed by atoms with E-state index in [1.807, 2.05) is 13.8 Å². The second-order valence-corrected chi connectivity index (χ2v) is 4.93. The number of anilines is 1. The molecule has 0 heterocycles. The summed E-state index contributed by atoms with van der Waals surface area (Å²) in [6.07, 6.45) is 0. The van der Waals surface area contributed by atoms with Gasteiger partial charge < -0.3 is 15.4 Å². The Balaban J connectivity index is 2.66. The number of hydrogen-bond donors (Lipinski definition) is 2. The van der Waals surface area contributed by atoms with E-state index in [1.165, 1.54) is 12.1 Å². The fraction of sp³-hybridized carbons (Fsp3) is 0.500. The predicted molar refractivity (Wildman–Crippen MR) is 80.6 cm³/mol. The summed E-state index contributed by atoms with van der Waals surface area (Å²) in [6.45, 7) is 5.49. The highest BCUT2D eigenvalue weighted by molar-refractivity contribution is 6.01. The van der Waals surface area contributed by atoms with Crippen molar-refractivity contribution in [1.82, 2.24) is 5.32 Å². The molecular formula is C14H21N3O4. The predicted octanol–water partition coefficient (Wildman–Crippen LogP) is 2.04. The lowest BCUT2D eigenvalue weighted by atomic mass is 10.1. The molecule has 7 nitrogen and oxygen atoms in total. The first-order valence-corrected chi connectivity index (χ1v) is 6.78. The number of nitrogens with one attached hydrogen (secondary N) is 2. The number of nitro benzene ring substituents is 1. The lowest BCUT2D eigenvalue weighted by molar-refractivity contribution is -0.384. The normalized spacial score (nSPS) is 10.5. The Kier molecular flexibility index (Phi) is 6.61. The molecule has 1 rings (SSSR count). The highest BCUT2D eigenvalue weighted by Gasteiger charge is 2.20. The number of ether oxygens (including phenoxy) is 1. The summed E-state index contributed by atoms with van der Waals surface area (Å²) < 4.78 is 5.36. The van der Waals surface area contributed by atoms with Crippen molar-refractivity contribution in [3.05, 3.63) is 33.9 Å². The van der Waals surface area contributed by atoms with Crippen molar-refractivity contribution in [1.29, 1.82) is 0 Å². The molecule has 0 aliphatic carbocycles. The van der Waals surface area contributed by atoms with Gasteiger partial charge in [-0.2, -0.15) is 0 Å². The standard InChI is InChI=1S/C14H21N3O4/c1-10(2)9-21-8-7-16-14(18)11-5-4-6-12(17(19)20)13(11)15-3/h4-6,10,15H,7-9H2,1-3H3,(H,16,18). The molecule has 0 fully saturated rings. The van der Waals surface area contributed by atoms with Crippen molar-refractivity contribution in [3.63, 3.8) is 0 Å². The van der Waals surface area contributed by atoms with Crippen LogP contribution in [-0.4, -0.2) is 37.6 Å². The van der Waals surface area contributed by atoms with E-state index in [1.54, 1.807) is 13.1 Å². The third kappa shape index (κ3) is 5.03. The van der Waals surface area contributed by atoms with Crippen LogP contribution in [0.3, 0.4) is 0 Å². The summed E-state index contributed by atoms with van der Waals surface area (Å²) in [5.74, 6) is 0.0737. The van der Waals surface area contributed by atoms with Crippen molar-refractivity contribution >= 4 is 17.3 Å². The summed E-state index contributed by atoms with van der Waals surface area (Å²) in [5.41, 5.74) is 0.333. The second-order valence-electron chi connectivity index (χ2n) is 4.93. The fourth-order valence-corrected chi connectivity index (χ4v) is 1.80. The Bertz CT molecular complexity index is 503. The zero-order valence-electron chi connectivity index (χ0n) is 12.5. The quantitative estimate of drug-likeness (QED) is 0.435. The number of hydrogen-bond acceptors (Lipinski definition) is 5. The Morgan fingerprint density at radius 1 is 1.43 bits per heavy atom. The Morgan fingerprint density at radius 2 is 2.14 bits per heavy atom. The van der Waals surface area contributed by atoms with Gasteiger partial charge in [0.25, 0.3) is 11.6 Å². The molecular weight excluding hydrogens is 274 g/mol. The van der Waals surface area contributed by atoms with Gasteiger partial charge in [-0.25, -0.2) is 0 Å². The molecule has 0 atom stereocenters. The van der Waals surface area contributed by atoms with Crippen LogP contribution in [0.5, 0.6) is 0 Å². The van der Waals surface area contributed by atoms with Crippen LogP contribution < -0.4 is 10.6 Å². The topological polar surface area (TPSA) is 93.5 Å². The molecule has 2 N–H and O–H groups in total. The molecule has 1 aromatic carbocycles. The molecule has 0 unspecified atom stereocenters. The molecule has 0 saturated carbocycles. The number of para-hydroxylation sites is 1. The van der Waals surface area contributed by atoms with Gasteiger partial charge in [0.15, 0.2) is 0 Å². The molecule has 116 valence electrons. The van der Waals surface area contributed by atoms with Crippen molar-refractivity contribution < 1.29 is 14.5 Å². The van der Waals surface area contributed by atoms with Crippen LogP contribution in [0, 0.1) is 16.0 Å². The van der Waals surface area contributed by atoms with E-state index in [0.29, 0.717) is 25.7 Å². The second kappa shape index (κ2) is 8.21. The van der Waals surface area contributed by atoms with Gasteiger partial charge in [0.1, 0.15) is 5.69 Å². The maximum absolute atomic E-state index is 12.1. The maximum atomic E-state index is 12.1. The van der Waals surface area contributed by atoms with Gasteiger partial charge in [-0.15, -0.1) is 0 Å². The molecule has 0 spiro atoms. The van der Waals surface area contributed by atoms with Gasteiger partial charge >= 0.3 is 0 Å². The van der Waals surface area contributed by atoms with Crippen LogP contribution in [-0.2, 0) is 4.74 Å². The van der Waals surface area contributed by atoms with E-state index in [2.05, 4.69) is 10.6 Å². The first kappa shape index (κ1) is 16.9. The minimum atomic E-state index is -0.519. The average molecular weight is 295 g/mol. The van der Waals surface area contributed by atoms with Gasteiger partial charge in [-0.05, 0) is 12.0 Å². The van der Waals surface area contributed by atoms with Crippen LogP contribution in [0.15, 0.2) is 18.2 Å². The number of rotatable bonds is 8. The molecule has 0 saturated heterocycles. The minimum absolute atomic E-state index is 0.124. The maximum Gasteiger partial charge on any atom is 0.293 e. The van der Waals surface area contributed by atoms with Gasteiger partial charge in [0, 0.05) is 26.3 Å². The van der Waals surface area contributed by atoms with Crippen LogP contribution in [0.25, 0.3) is 0 Å². The lowest BCUT2D eigenvalue weighted by Gasteiger charge is -2.11. The number of carbonyl (C=O) groups is 1. The van der Waals surface area contributed by atoms with Crippen LogP contribution >= 0.6 is 0 Å². The first-order valence-electron chi connectivity index (χ1n) is 6.78. The largest absolute Gasteiger partial charge is 0.382 e. The highest BCUT2D eigenvalue weighted by Crippen LogP contribution is 2.27. The van der Waals surface area contributed by atoms with Gasteiger partial charge in [0.05, 0.1) is 17.1 Å². The van der Waals surface area contributed by atoms with Crippen molar-refractivity contribution in [2.75, 3.05) is 32.1 Å². The Hall–Kier alpha value is -2.15. The van der Waals surface area contributed by atoms with E-state index in [4.69, 9.17) is 4.74 Å². The summed E-state index contributed by atoms with van der Waals surface area (Å²) in [5, 5.41) is 16.3. The molecule has 1 aromatic rings. The van der Waals surface area contributed by atoms with E-state index >= 15 is 0 Å². The van der Waals surface area contributed by atoms with Crippen molar-refractivity contribution in [3.8, 4) is 0 Å². The molecule has 0 bridgehead atoms. The number of amides is 1. The number of nitrogens with zero attached hydrogens (tertiary/aromatic N) is 1. The highest BCUT2D eigenvalue weighted by atomic mass is 16.6. The smallest absolute Gasteiger partial charge is 0.293 e. The number of carbonyl (C=O) groups excluding carboxylic acids is 1. The minimum Gasteiger partial charge on any atom is -0.382 e. The Labute approximate surface area is 123 Å². The van der Waals surface area contributed by atoms with E-state index in [9.17, 15) is 14.9 Å². The van der Waals surface area contributed by atoms with Crippen molar-refractivity contribution in [2.24, 2.45) is 5.92 Å². The Morgan fingerprint density at radius 3 is 2.71 bits per heavy atom. The molecule has 0 aliphatic heterocycles. The number of benzene rings is 1. The van der Waals surface area contributed by atoms with Crippen molar-refractivity contribution in [2.45, 2.75) is 13.8 Å². The SMILES string of the molecule is CNc1c(C(=O)NCCOCC(C)C)cccc1[N+](=O)[O-]. The molecule has 0 radical (unpaired) electrons. The first-order chi connectivity index (χ1) is 9.97. The van der Waals surface area contributed by atoms with E-state index in [0.717, 1.165) is 0 Å². The molecule has 21 heavy (non-hydrogen) atoms. The summed E-state index contributed by atoms with van der Waals surface area (Å²) >= 11 is 0. The van der Waals surface area contributed by atoms with Crippen LogP contribution in [0.4, 0.5) is 11.4 Å². The van der Waals surface area contributed by atoms with E-state index in [-0.39, 0.29) is 22.8 Å². The molecule has 0 aliphatic rings.